The highest BCUT2D eigenvalue weighted by Gasteiger charge is 2.38. The van der Waals surface area contributed by atoms with Crippen LogP contribution in [0, 0.1) is 0 Å². The molecular weight excluding hydrogens is 278 g/mol. The number of esters is 1. The number of nitrogens with zero attached hydrogens (tertiary/aromatic N) is 1. The van der Waals surface area contributed by atoms with Gasteiger partial charge in [-0.15, -0.1) is 0 Å². The van der Waals surface area contributed by atoms with Gasteiger partial charge < -0.3 is 9.84 Å². The van der Waals surface area contributed by atoms with Crippen molar-refractivity contribution in [2.45, 2.75) is 33.4 Å². The van der Waals surface area contributed by atoms with Crippen LogP contribution in [0.1, 0.15) is 39.0 Å². The molecular formula is C18H28NO3+. The van der Waals surface area contributed by atoms with Gasteiger partial charge in [-0.25, -0.2) is 4.79 Å². The average Bonchev–Trinajstić information content (AvgIpc) is 2.55. The summed E-state index contributed by atoms with van der Waals surface area (Å²) in [5.74, 6) is -0.373. The molecule has 4 heteroatoms. The van der Waals surface area contributed by atoms with Crippen molar-refractivity contribution in [1.29, 1.82) is 0 Å². The fourth-order valence-corrected chi connectivity index (χ4v) is 2.69. The molecule has 0 saturated carbocycles. The molecule has 1 N–H and O–H groups in total. The average molecular weight is 306 g/mol. The number of aliphatic hydroxyl groups is 1. The smallest absolute Gasteiger partial charge is 0.337 e. The minimum atomic E-state index is -0.382. The molecule has 0 radical (unpaired) electrons. The zero-order valence-electron chi connectivity index (χ0n) is 13.9. The molecule has 0 heterocycles. The Morgan fingerprint density at radius 1 is 1.27 bits per heavy atom. The van der Waals surface area contributed by atoms with Crippen LogP contribution in [0.5, 0.6) is 0 Å². The predicted molar refractivity (Wildman–Crippen MR) is 88.0 cm³/mol. The maximum Gasteiger partial charge on any atom is 0.337 e. The molecule has 0 aliphatic carbocycles. The monoisotopic (exact) mass is 306 g/mol. The standard InChI is InChI=1S/C18H28NO3/c1-5-19(6-2,13-10-14-20)17(22-18(21)15(3)4)16-11-8-7-9-12-16/h7-9,11-12,17,20H,3,5-6,10,13-14H2,1-2,4H3/q+1. The lowest BCUT2D eigenvalue weighted by Gasteiger charge is -2.42. The van der Waals surface area contributed by atoms with Gasteiger partial charge in [-0.1, -0.05) is 24.8 Å². The maximum atomic E-state index is 12.1. The first-order valence-electron chi connectivity index (χ1n) is 7.88. The van der Waals surface area contributed by atoms with Crippen LogP contribution in [0.25, 0.3) is 0 Å². The second-order valence-electron chi connectivity index (χ2n) is 5.60. The third-order valence-electron chi connectivity index (χ3n) is 4.17. The highest BCUT2D eigenvalue weighted by molar-refractivity contribution is 5.87. The Labute approximate surface area is 133 Å². The molecule has 1 unspecified atom stereocenters. The highest BCUT2D eigenvalue weighted by Crippen LogP contribution is 2.31. The van der Waals surface area contributed by atoms with E-state index in [1.54, 1.807) is 6.92 Å². The summed E-state index contributed by atoms with van der Waals surface area (Å²) in [4.78, 5) is 12.1. The van der Waals surface area contributed by atoms with Gasteiger partial charge in [0.05, 0.1) is 25.2 Å². The fraction of sp³-hybridized carbons (Fsp3) is 0.500. The highest BCUT2D eigenvalue weighted by atomic mass is 16.6. The van der Waals surface area contributed by atoms with Crippen molar-refractivity contribution in [3.8, 4) is 0 Å². The van der Waals surface area contributed by atoms with Crippen molar-refractivity contribution in [3.63, 3.8) is 0 Å². The van der Waals surface area contributed by atoms with Crippen molar-refractivity contribution in [3.05, 3.63) is 48.0 Å². The second-order valence-corrected chi connectivity index (χ2v) is 5.60. The van der Waals surface area contributed by atoms with Crippen molar-refractivity contribution < 1.29 is 19.1 Å². The van der Waals surface area contributed by atoms with Crippen LogP contribution < -0.4 is 0 Å². The summed E-state index contributed by atoms with van der Waals surface area (Å²) in [5, 5.41) is 9.21. The van der Waals surface area contributed by atoms with Gasteiger partial charge in [0, 0.05) is 18.6 Å². The van der Waals surface area contributed by atoms with Crippen LogP contribution in [0.4, 0.5) is 0 Å². The summed E-state index contributed by atoms with van der Waals surface area (Å²) in [6.45, 7) is 12.0. The number of hydrogen-bond acceptors (Lipinski definition) is 3. The quantitative estimate of drug-likeness (QED) is 0.330. The Bertz CT molecular complexity index is 480. The van der Waals surface area contributed by atoms with Gasteiger partial charge in [0.1, 0.15) is 0 Å². The van der Waals surface area contributed by atoms with Gasteiger partial charge >= 0.3 is 5.97 Å². The summed E-state index contributed by atoms with van der Waals surface area (Å²) in [7, 11) is 0. The van der Waals surface area contributed by atoms with Crippen molar-refractivity contribution in [1.82, 2.24) is 0 Å². The summed E-state index contributed by atoms with van der Waals surface area (Å²) < 4.78 is 6.40. The number of aliphatic hydroxyl groups excluding tert-OH is 1. The molecule has 122 valence electrons. The predicted octanol–water partition coefficient (Wildman–Crippen LogP) is 3.04. The van der Waals surface area contributed by atoms with Gasteiger partial charge in [0.25, 0.3) is 6.23 Å². The van der Waals surface area contributed by atoms with E-state index >= 15 is 0 Å². The summed E-state index contributed by atoms with van der Waals surface area (Å²) >= 11 is 0. The SMILES string of the molecule is C=C(C)C(=O)OC(c1ccccc1)[N+](CC)(CC)CCCO. The zero-order chi connectivity index (χ0) is 16.6. The molecule has 1 rings (SSSR count). The molecule has 0 fully saturated rings. The van der Waals surface area contributed by atoms with Crippen LogP contribution in [-0.2, 0) is 9.53 Å². The summed E-state index contributed by atoms with van der Waals surface area (Å²) in [6, 6.07) is 9.80. The van der Waals surface area contributed by atoms with E-state index < -0.39 is 0 Å². The van der Waals surface area contributed by atoms with Gasteiger partial charge in [-0.05, 0) is 32.9 Å². The maximum absolute atomic E-state index is 12.1. The van der Waals surface area contributed by atoms with Crippen LogP contribution in [0.2, 0.25) is 0 Å². The van der Waals surface area contributed by atoms with Crippen molar-refractivity contribution in [2.75, 3.05) is 26.2 Å². The number of carbonyl (C=O) groups excluding carboxylic acids is 1. The van der Waals surface area contributed by atoms with E-state index in [4.69, 9.17) is 4.74 Å². The molecule has 0 bridgehead atoms. The molecule has 1 aromatic rings. The van der Waals surface area contributed by atoms with Gasteiger partial charge in [-0.2, -0.15) is 0 Å². The van der Waals surface area contributed by atoms with E-state index in [0.717, 1.165) is 25.2 Å². The van der Waals surface area contributed by atoms with E-state index in [9.17, 15) is 9.90 Å². The summed E-state index contributed by atoms with van der Waals surface area (Å²) in [6.07, 6.45) is 0.294. The molecule has 0 amide bonds. The molecule has 1 atom stereocenters. The molecule has 0 aromatic heterocycles. The van der Waals surface area contributed by atoms with Crippen molar-refractivity contribution >= 4 is 5.97 Å². The molecule has 0 saturated heterocycles. The summed E-state index contributed by atoms with van der Waals surface area (Å²) in [5.41, 5.74) is 1.37. The van der Waals surface area contributed by atoms with Crippen LogP contribution in [-0.4, -0.2) is 41.8 Å². The van der Waals surface area contributed by atoms with E-state index in [1.807, 2.05) is 30.3 Å². The van der Waals surface area contributed by atoms with E-state index in [-0.39, 0.29) is 18.8 Å². The Balaban J connectivity index is 3.20. The van der Waals surface area contributed by atoms with E-state index in [0.29, 0.717) is 16.5 Å². The lowest BCUT2D eigenvalue weighted by atomic mass is 10.1. The normalized spacial score (nSPS) is 12.7. The number of rotatable bonds is 9. The molecule has 22 heavy (non-hydrogen) atoms. The largest absolute Gasteiger partial charge is 0.404 e. The fourth-order valence-electron chi connectivity index (χ4n) is 2.69. The first kappa shape index (κ1) is 18.4. The lowest BCUT2D eigenvalue weighted by Crippen LogP contribution is -2.52. The third-order valence-corrected chi connectivity index (χ3v) is 4.17. The minimum absolute atomic E-state index is 0.135. The Kier molecular flexibility index (Phi) is 7.28. The number of benzene rings is 1. The van der Waals surface area contributed by atoms with Gasteiger partial charge in [-0.3, -0.25) is 4.48 Å². The lowest BCUT2D eigenvalue weighted by molar-refractivity contribution is -0.973. The van der Waals surface area contributed by atoms with Crippen LogP contribution in [0.3, 0.4) is 0 Å². The third kappa shape index (κ3) is 4.42. The Hall–Kier alpha value is -1.65. The zero-order valence-corrected chi connectivity index (χ0v) is 13.9. The van der Waals surface area contributed by atoms with Crippen LogP contribution in [0.15, 0.2) is 42.5 Å². The van der Waals surface area contributed by atoms with Crippen LogP contribution >= 0.6 is 0 Å². The topological polar surface area (TPSA) is 46.5 Å². The number of ether oxygens (including phenoxy) is 1. The molecule has 1 aromatic carbocycles. The molecule has 0 aliphatic rings. The second kappa shape index (κ2) is 8.71. The van der Waals surface area contributed by atoms with Gasteiger partial charge in [0.15, 0.2) is 0 Å². The molecule has 0 aliphatic heterocycles. The number of hydrogen-bond donors (Lipinski definition) is 1. The van der Waals surface area contributed by atoms with E-state index in [1.165, 1.54) is 0 Å². The van der Waals surface area contributed by atoms with Crippen molar-refractivity contribution in [2.24, 2.45) is 0 Å². The number of quaternary nitrogens is 1. The minimum Gasteiger partial charge on any atom is -0.404 e. The Morgan fingerprint density at radius 2 is 1.86 bits per heavy atom. The van der Waals surface area contributed by atoms with E-state index in [2.05, 4.69) is 20.4 Å². The Morgan fingerprint density at radius 3 is 2.32 bits per heavy atom. The number of carbonyl (C=O) groups is 1. The van der Waals surface area contributed by atoms with Gasteiger partial charge in [0.2, 0.25) is 0 Å². The first-order valence-corrected chi connectivity index (χ1v) is 7.88. The molecule has 0 spiro atoms. The first-order chi connectivity index (χ1) is 10.5. The molecule has 4 nitrogen and oxygen atoms in total.